The number of rotatable bonds is 4. The summed E-state index contributed by atoms with van der Waals surface area (Å²) in [5, 5.41) is 4.90. The molecule has 0 radical (unpaired) electrons. The maximum absolute atomic E-state index is 12.1. The molecule has 3 aromatic heterocycles. The predicted octanol–water partition coefficient (Wildman–Crippen LogP) is 1.85. The van der Waals surface area contributed by atoms with E-state index in [9.17, 15) is 4.79 Å². The molecule has 0 bridgehead atoms. The highest BCUT2D eigenvalue weighted by atomic mass is 32.1. The summed E-state index contributed by atoms with van der Waals surface area (Å²) in [4.78, 5) is 24.5. The Labute approximate surface area is 119 Å². The molecule has 0 spiro atoms. The molecule has 3 aromatic rings. The van der Waals surface area contributed by atoms with Crippen LogP contribution in [0, 0.1) is 6.92 Å². The Balaban J connectivity index is 1.69. The average molecular weight is 289 g/mol. The van der Waals surface area contributed by atoms with Crippen molar-refractivity contribution in [2.45, 2.75) is 26.3 Å². The summed E-state index contributed by atoms with van der Waals surface area (Å²) in [6.45, 7) is 3.85. The fraction of sp³-hybridized carbons (Fsp3) is 0.308. The van der Waals surface area contributed by atoms with Crippen LogP contribution in [0.5, 0.6) is 0 Å². The fourth-order valence-corrected chi connectivity index (χ4v) is 3.03. The molecule has 104 valence electrons. The van der Waals surface area contributed by atoms with E-state index in [2.05, 4.69) is 20.3 Å². The van der Waals surface area contributed by atoms with Gasteiger partial charge in [0, 0.05) is 29.7 Å². The second kappa shape index (κ2) is 5.09. The van der Waals surface area contributed by atoms with Crippen molar-refractivity contribution < 1.29 is 4.79 Å². The van der Waals surface area contributed by atoms with E-state index >= 15 is 0 Å². The fourth-order valence-electron chi connectivity index (χ4n) is 2.11. The molecule has 1 amide bonds. The molecule has 0 saturated carbocycles. The minimum absolute atomic E-state index is 0.0278. The van der Waals surface area contributed by atoms with Gasteiger partial charge in [-0.1, -0.05) is 0 Å². The Bertz CT molecular complexity index is 727. The highest BCUT2D eigenvalue weighted by Gasteiger charge is 2.14. The summed E-state index contributed by atoms with van der Waals surface area (Å²) in [6, 6.07) is -0.129. The number of carbonyl (C=O) groups is 1. The highest BCUT2D eigenvalue weighted by Crippen LogP contribution is 2.17. The van der Waals surface area contributed by atoms with Crippen LogP contribution in [0.4, 0.5) is 0 Å². The molecule has 0 aliphatic rings. The molecular weight excluding hydrogens is 274 g/mol. The van der Waals surface area contributed by atoms with Crippen molar-refractivity contribution in [2.75, 3.05) is 0 Å². The molecule has 0 aliphatic heterocycles. The van der Waals surface area contributed by atoms with Gasteiger partial charge in [0.05, 0.1) is 18.2 Å². The lowest BCUT2D eigenvalue weighted by Gasteiger charge is -2.11. The number of aromatic nitrogens is 4. The standard InChI is InChI=1S/C13H15N5OS/c1-8-6-18-10(7-20-13(18)16-8)5-11(19)17-9(2)12-14-3-4-15-12/h3-4,6-7,9H,5H2,1-2H3,(H,14,15)(H,17,19). The molecule has 3 rings (SSSR count). The summed E-state index contributed by atoms with van der Waals surface area (Å²) >= 11 is 1.55. The van der Waals surface area contributed by atoms with Crippen molar-refractivity contribution in [3.63, 3.8) is 0 Å². The molecule has 2 N–H and O–H groups in total. The topological polar surface area (TPSA) is 75.1 Å². The number of amides is 1. The Morgan fingerprint density at radius 1 is 1.60 bits per heavy atom. The lowest BCUT2D eigenvalue weighted by molar-refractivity contribution is -0.121. The van der Waals surface area contributed by atoms with Crippen LogP contribution in [-0.4, -0.2) is 25.3 Å². The molecule has 0 aromatic carbocycles. The maximum Gasteiger partial charge on any atom is 0.226 e. The third kappa shape index (κ3) is 2.44. The Morgan fingerprint density at radius 3 is 3.20 bits per heavy atom. The first kappa shape index (κ1) is 12.9. The molecule has 0 aliphatic carbocycles. The number of aryl methyl sites for hydroxylation is 1. The number of imidazole rings is 2. The molecular formula is C13H15N5OS. The molecule has 7 heteroatoms. The van der Waals surface area contributed by atoms with E-state index < -0.39 is 0 Å². The number of aromatic amines is 1. The molecule has 3 heterocycles. The normalized spacial score (nSPS) is 12.7. The molecule has 0 saturated heterocycles. The third-order valence-electron chi connectivity index (χ3n) is 3.05. The average Bonchev–Trinajstić information content (AvgIpc) is 3.07. The van der Waals surface area contributed by atoms with Crippen LogP contribution in [0.3, 0.4) is 0 Å². The highest BCUT2D eigenvalue weighted by molar-refractivity contribution is 7.15. The Kier molecular flexibility index (Phi) is 3.27. The van der Waals surface area contributed by atoms with Crippen molar-refractivity contribution in [3.8, 4) is 0 Å². The number of hydrogen-bond acceptors (Lipinski definition) is 4. The van der Waals surface area contributed by atoms with Crippen LogP contribution in [-0.2, 0) is 11.2 Å². The van der Waals surface area contributed by atoms with Gasteiger partial charge in [0.25, 0.3) is 0 Å². The smallest absolute Gasteiger partial charge is 0.226 e. The largest absolute Gasteiger partial charge is 0.347 e. The van der Waals surface area contributed by atoms with Crippen molar-refractivity contribution in [1.82, 2.24) is 24.7 Å². The van der Waals surface area contributed by atoms with E-state index in [1.165, 1.54) is 0 Å². The van der Waals surface area contributed by atoms with Gasteiger partial charge in [0.1, 0.15) is 5.82 Å². The predicted molar refractivity (Wildman–Crippen MR) is 76.7 cm³/mol. The number of hydrogen-bond donors (Lipinski definition) is 2. The quantitative estimate of drug-likeness (QED) is 0.769. The zero-order valence-corrected chi connectivity index (χ0v) is 12.1. The summed E-state index contributed by atoms with van der Waals surface area (Å²) in [5.74, 6) is 0.729. The summed E-state index contributed by atoms with van der Waals surface area (Å²) < 4.78 is 1.97. The van der Waals surface area contributed by atoms with Crippen LogP contribution in [0.2, 0.25) is 0 Å². The minimum Gasteiger partial charge on any atom is -0.347 e. The van der Waals surface area contributed by atoms with Gasteiger partial charge in [-0.25, -0.2) is 9.97 Å². The molecule has 1 atom stereocenters. The van der Waals surface area contributed by atoms with Crippen LogP contribution >= 0.6 is 11.3 Å². The second-order valence-corrected chi connectivity index (χ2v) is 5.54. The maximum atomic E-state index is 12.1. The summed E-state index contributed by atoms with van der Waals surface area (Å²) in [7, 11) is 0. The summed E-state index contributed by atoms with van der Waals surface area (Å²) in [6.07, 6.45) is 5.70. The van der Waals surface area contributed by atoms with Gasteiger partial charge in [-0.3, -0.25) is 9.20 Å². The van der Waals surface area contributed by atoms with Gasteiger partial charge in [-0.2, -0.15) is 0 Å². The van der Waals surface area contributed by atoms with Gasteiger partial charge >= 0.3 is 0 Å². The van der Waals surface area contributed by atoms with Crippen LogP contribution in [0.25, 0.3) is 4.96 Å². The zero-order valence-electron chi connectivity index (χ0n) is 11.3. The van der Waals surface area contributed by atoms with Gasteiger partial charge in [0.2, 0.25) is 5.91 Å². The Morgan fingerprint density at radius 2 is 2.45 bits per heavy atom. The van der Waals surface area contributed by atoms with E-state index in [4.69, 9.17) is 0 Å². The van der Waals surface area contributed by atoms with E-state index in [1.807, 2.05) is 29.8 Å². The zero-order chi connectivity index (χ0) is 14.1. The van der Waals surface area contributed by atoms with Crippen molar-refractivity contribution >= 4 is 22.2 Å². The van der Waals surface area contributed by atoms with Gasteiger partial charge < -0.3 is 10.3 Å². The number of carbonyl (C=O) groups excluding carboxylic acids is 1. The number of nitrogens with zero attached hydrogens (tertiary/aromatic N) is 3. The van der Waals surface area contributed by atoms with Crippen molar-refractivity contribution in [2.24, 2.45) is 0 Å². The third-order valence-corrected chi connectivity index (χ3v) is 3.94. The van der Waals surface area contributed by atoms with Gasteiger partial charge in [-0.05, 0) is 13.8 Å². The first-order chi connectivity index (χ1) is 9.63. The van der Waals surface area contributed by atoms with E-state index in [1.54, 1.807) is 23.7 Å². The number of nitrogens with one attached hydrogen (secondary N) is 2. The van der Waals surface area contributed by atoms with E-state index in [0.29, 0.717) is 6.42 Å². The minimum atomic E-state index is -0.129. The number of fused-ring (bicyclic) bond motifs is 1. The first-order valence-electron chi connectivity index (χ1n) is 6.34. The molecule has 1 unspecified atom stereocenters. The van der Waals surface area contributed by atoms with E-state index in [0.717, 1.165) is 22.2 Å². The second-order valence-electron chi connectivity index (χ2n) is 4.70. The summed E-state index contributed by atoms with van der Waals surface area (Å²) in [5.41, 5.74) is 1.91. The van der Waals surface area contributed by atoms with Crippen LogP contribution in [0.15, 0.2) is 24.0 Å². The van der Waals surface area contributed by atoms with Gasteiger partial charge in [0.15, 0.2) is 4.96 Å². The van der Waals surface area contributed by atoms with Crippen LogP contribution < -0.4 is 5.32 Å². The molecule has 6 nitrogen and oxygen atoms in total. The lowest BCUT2D eigenvalue weighted by atomic mass is 10.2. The Hall–Kier alpha value is -2.15. The monoisotopic (exact) mass is 289 g/mol. The first-order valence-corrected chi connectivity index (χ1v) is 7.22. The lowest BCUT2D eigenvalue weighted by Crippen LogP contribution is -2.29. The van der Waals surface area contributed by atoms with Crippen molar-refractivity contribution in [3.05, 3.63) is 41.2 Å². The molecule has 20 heavy (non-hydrogen) atoms. The number of thiazole rings is 1. The number of H-pyrrole nitrogens is 1. The van der Waals surface area contributed by atoms with Crippen molar-refractivity contribution in [1.29, 1.82) is 0 Å². The molecule has 0 fully saturated rings. The van der Waals surface area contributed by atoms with E-state index in [-0.39, 0.29) is 11.9 Å². The van der Waals surface area contributed by atoms with Gasteiger partial charge in [-0.15, -0.1) is 11.3 Å². The SMILES string of the molecule is Cc1cn2c(CC(=O)NC(C)c3ncc[nH]3)csc2n1. The van der Waals surface area contributed by atoms with Crippen LogP contribution in [0.1, 0.15) is 30.2 Å².